The minimum absolute atomic E-state index is 0.0237. The summed E-state index contributed by atoms with van der Waals surface area (Å²) in [5, 5.41) is 6.53. The largest absolute Gasteiger partial charge is 0.322 e. The summed E-state index contributed by atoms with van der Waals surface area (Å²) in [7, 11) is 0. The van der Waals surface area contributed by atoms with Crippen LogP contribution in [0, 0.1) is 11.7 Å². The monoisotopic (exact) mass is 366 g/mol. The Morgan fingerprint density at radius 2 is 2.08 bits per heavy atom. The molecule has 0 spiro atoms. The van der Waals surface area contributed by atoms with E-state index in [0.29, 0.717) is 26.1 Å². The van der Waals surface area contributed by atoms with Crippen molar-refractivity contribution in [3.8, 4) is 0 Å². The maximum absolute atomic E-state index is 13.4. The highest BCUT2D eigenvalue weighted by Gasteiger charge is 2.25. The van der Waals surface area contributed by atoms with Crippen LogP contribution in [0.2, 0.25) is 0 Å². The van der Waals surface area contributed by atoms with Gasteiger partial charge < -0.3 is 10.2 Å². The molecule has 0 unspecified atom stereocenters. The number of carbonyl (C=O) groups excluding carboxylic acids is 1. The van der Waals surface area contributed by atoms with E-state index in [0.717, 1.165) is 11.1 Å². The zero-order chi connectivity index (χ0) is 18.8. The second kappa shape index (κ2) is 7.39. The average molecular weight is 366 g/mol. The molecular weight excluding hydrogens is 345 g/mol. The first-order valence-corrected chi connectivity index (χ1v) is 8.52. The van der Waals surface area contributed by atoms with E-state index >= 15 is 0 Å². The Bertz CT molecular complexity index is 804. The number of alkyl halides is 2. The number of hydrogen-bond acceptors (Lipinski definition) is 2. The van der Waals surface area contributed by atoms with Crippen LogP contribution in [0.25, 0.3) is 0 Å². The summed E-state index contributed by atoms with van der Waals surface area (Å²) in [6, 6.07) is 4.00. The van der Waals surface area contributed by atoms with E-state index in [1.807, 2.05) is 13.8 Å². The van der Waals surface area contributed by atoms with Crippen LogP contribution >= 0.6 is 0 Å². The van der Waals surface area contributed by atoms with Crippen molar-refractivity contribution < 1.29 is 18.0 Å². The summed E-state index contributed by atoms with van der Waals surface area (Å²) in [6.45, 7) is 4.86. The Labute approximate surface area is 149 Å². The fraction of sp³-hybridized carbons (Fsp3) is 0.444. The minimum Gasteiger partial charge on any atom is -0.320 e. The third kappa shape index (κ3) is 3.84. The average Bonchev–Trinajstić information content (AvgIpc) is 2.95. The number of benzene rings is 1. The van der Waals surface area contributed by atoms with Crippen LogP contribution in [-0.2, 0) is 19.5 Å². The molecule has 0 fully saturated rings. The van der Waals surface area contributed by atoms with Gasteiger partial charge in [-0.05, 0) is 35.6 Å². The number of urea groups is 1. The molecule has 0 bridgehead atoms. The van der Waals surface area contributed by atoms with Gasteiger partial charge in [-0.1, -0.05) is 19.9 Å². The van der Waals surface area contributed by atoms with E-state index in [1.165, 1.54) is 27.9 Å². The standard InChI is InChI=1S/C18H21F3N4O/c1-11(2)9-25-16(17(20)21)15(8-22-25)23-18(26)24-6-5-12-7-14(19)4-3-13(12)10-24/h3-4,7-8,11,17H,5-6,9-10H2,1-2H3,(H,23,26). The third-order valence-corrected chi connectivity index (χ3v) is 4.33. The second-order valence-electron chi connectivity index (χ2n) is 6.83. The maximum atomic E-state index is 13.4. The molecule has 5 nitrogen and oxygen atoms in total. The van der Waals surface area contributed by atoms with Crippen molar-refractivity contribution in [3.05, 3.63) is 47.0 Å². The Morgan fingerprint density at radius 1 is 1.31 bits per heavy atom. The summed E-state index contributed by atoms with van der Waals surface area (Å²) in [5.41, 5.74) is 1.46. The van der Waals surface area contributed by atoms with Gasteiger partial charge in [0.1, 0.15) is 11.5 Å². The van der Waals surface area contributed by atoms with Crippen LogP contribution in [0.15, 0.2) is 24.4 Å². The number of nitrogens with one attached hydrogen (secondary N) is 1. The van der Waals surface area contributed by atoms with Crippen molar-refractivity contribution >= 4 is 11.7 Å². The van der Waals surface area contributed by atoms with E-state index in [2.05, 4.69) is 10.4 Å². The Morgan fingerprint density at radius 3 is 2.77 bits per heavy atom. The zero-order valence-corrected chi connectivity index (χ0v) is 14.7. The number of carbonyl (C=O) groups is 1. The van der Waals surface area contributed by atoms with Crippen LogP contribution in [0.3, 0.4) is 0 Å². The van der Waals surface area contributed by atoms with Gasteiger partial charge in [-0.15, -0.1) is 0 Å². The molecule has 26 heavy (non-hydrogen) atoms. The zero-order valence-electron chi connectivity index (χ0n) is 14.7. The maximum Gasteiger partial charge on any atom is 0.322 e. The van der Waals surface area contributed by atoms with Crippen molar-refractivity contribution in [2.75, 3.05) is 11.9 Å². The lowest BCUT2D eigenvalue weighted by Gasteiger charge is -2.29. The molecule has 3 rings (SSSR count). The van der Waals surface area contributed by atoms with Crippen molar-refractivity contribution in [2.45, 2.75) is 39.8 Å². The van der Waals surface area contributed by atoms with Gasteiger partial charge in [-0.2, -0.15) is 5.10 Å². The van der Waals surface area contributed by atoms with Gasteiger partial charge >= 0.3 is 6.03 Å². The lowest BCUT2D eigenvalue weighted by molar-refractivity contribution is 0.138. The van der Waals surface area contributed by atoms with Crippen molar-refractivity contribution in [2.24, 2.45) is 5.92 Å². The smallest absolute Gasteiger partial charge is 0.320 e. The Hall–Kier alpha value is -2.51. The van der Waals surface area contributed by atoms with E-state index in [4.69, 9.17) is 0 Å². The molecule has 2 aromatic rings. The predicted molar refractivity (Wildman–Crippen MR) is 91.6 cm³/mol. The summed E-state index contributed by atoms with van der Waals surface area (Å²) in [4.78, 5) is 14.0. The van der Waals surface area contributed by atoms with Crippen LogP contribution in [0.1, 0.15) is 37.1 Å². The highest BCUT2D eigenvalue weighted by molar-refractivity contribution is 5.90. The van der Waals surface area contributed by atoms with E-state index in [9.17, 15) is 18.0 Å². The number of halogens is 3. The number of hydrogen-bond donors (Lipinski definition) is 1. The summed E-state index contributed by atoms with van der Waals surface area (Å²) >= 11 is 0. The molecule has 140 valence electrons. The fourth-order valence-corrected chi connectivity index (χ4v) is 3.10. The van der Waals surface area contributed by atoms with E-state index in [-0.39, 0.29) is 23.1 Å². The fourth-order valence-electron chi connectivity index (χ4n) is 3.10. The molecule has 1 aliphatic rings. The molecule has 8 heteroatoms. The topological polar surface area (TPSA) is 50.2 Å². The molecule has 1 aromatic carbocycles. The van der Waals surface area contributed by atoms with Gasteiger partial charge in [0.25, 0.3) is 6.43 Å². The number of rotatable bonds is 4. The first-order chi connectivity index (χ1) is 12.3. The third-order valence-electron chi connectivity index (χ3n) is 4.33. The van der Waals surface area contributed by atoms with Gasteiger partial charge in [-0.25, -0.2) is 18.0 Å². The number of anilines is 1. The van der Waals surface area contributed by atoms with E-state index < -0.39 is 12.5 Å². The van der Waals surface area contributed by atoms with Gasteiger partial charge in [0, 0.05) is 19.6 Å². The van der Waals surface area contributed by atoms with Gasteiger partial charge in [0.05, 0.1) is 11.9 Å². The van der Waals surface area contributed by atoms with Crippen LogP contribution < -0.4 is 5.32 Å². The van der Waals surface area contributed by atoms with Gasteiger partial charge in [-0.3, -0.25) is 4.68 Å². The molecule has 0 radical (unpaired) electrons. The molecular formula is C18H21F3N4O. The minimum atomic E-state index is -2.74. The number of fused-ring (bicyclic) bond motifs is 1. The first-order valence-electron chi connectivity index (χ1n) is 8.52. The van der Waals surface area contributed by atoms with Crippen LogP contribution in [0.5, 0.6) is 0 Å². The quantitative estimate of drug-likeness (QED) is 0.881. The van der Waals surface area contributed by atoms with Crippen LogP contribution in [0.4, 0.5) is 23.7 Å². The Kier molecular flexibility index (Phi) is 5.20. The Balaban J connectivity index is 1.74. The molecule has 0 atom stereocenters. The van der Waals surface area contributed by atoms with E-state index in [1.54, 1.807) is 6.07 Å². The van der Waals surface area contributed by atoms with Crippen molar-refractivity contribution in [1.29, 1.82) is 0 Å². The summed E-state index contributed by atoms with van der Waals surface area (Å²) in [6.07, 6.45) is -0.958. The number of aromatic nitrogens is 2. The number of amides is 2. The molecule has 0 saturated heterocycles. The molecule has 0 saturated carbocycles. The lowest BCUT2D eigenvalue weighted by atomic mass is 10.00. The molecule has 1 N–H and O–H groups in total. The number of nitrogens with zero attached hydrogens (tertiary/aromatic N) is 3. The molecule has 2 amide bonds. The normalized spacial score (nSPS) is 14.0. The molecule has 0 aliphatic carbocycles. The van der Waals surface area contributed by atoms with Gasteiger partial charge in [0.15, 0.2) is 0 Å². The predicted octanol–water partition coefficient (Wildman–Crippen LogP) is 4.21. The molecule has 1 aliphatic heterocycles. The lowest BCUT2D eigenvalue weighted by Crippen LogP contribution is -2.39. The van der Waals surface area contributed by atoms with Crippen molar-refractivity contribution in [1.82, 2.24) is 14.7 Å². The highest BCUT2D eigenvalue weighted by atomic mass is 19.3. The SMILES string of the molecule is CC(C)Cn1ncc(NC(=O)N2CCc3cc(F)ccc3C2)c1C(F)F. The summed E-state index contributed by atoms with van der Waals surface area (Å²) in [5.74, 6) is -0.157. The first kappa shape index (κ1) is 18.3. The highest BCUT2D eigenvalue weighted by Crippen LogP contribution is 2.28. The van der Waals surface area contributed by atoms with Crippen LogP contribution in [-0.4, -0.2) is 27.3 Å². The van der Waals surface area contributed by atoms with Crippen molar-refractivity contribution in [3.63, 3.8) is 0 Å². The molecule has 1 aromatic heterocycles. The van der Waals surface area contributed by atoms with Gasteiger partial charge in [0.2, 0.25) is 0 Å². The summed E-state index contributed by atoms with van der Waals surface area (Å²) < 4.78 is 41.4. The molecule has 2 heterocycles. The second-order valence-corrected chi connectivity index (χ2v) is 6.83.